The highest BCUT2D eigenvalue weighted by Gasteiger charge is 2.46. The second-order valence-corrected chi connectivity index (χ2v) is 9.47. The summed E-state index contributed by atoms with van der Waals surface area (Å²) < 4.78 is 17.0. The van der Waals surface area contributed by atoms with Crippen LogP contribution in [-0.4, -0.2) is 40.0 Å². The molecule has 3 aromatic carbocycles. The first kappa shape index (κ1) is 24.3. The Bertz CT molecular complexity index is 1730. The molecule has 0 bridgehead atoms. The number of furan rings is 1. The van der Waals surface area contributed by atoms with Gasteiger partial charge in [0.05, 0.1) is 35.9 Å². The molecule has 9 nitrogen and oxygen atoms in total. The summed E-state index contributed by atoms with van der Waals surface area (Å²) in [6, 6.07) is 20.3. The first-order valence-electron chi connectivity index (χ1n) is 12.4. The number of aliphatic hydroxyl groups excluding tert-OH is 1. The van der Waals surface area contributed by atoms with Gasteiger partial charge in [0.2, 0.25) is 11.7 Å². The number of rotatable bonds is 7. The Balaban J connectivity index is 1.48. The monoisotopic (exact) mass is 523 g/mol. The van der Waals surface area contributed by atoms with Crippen molar-refractivity contribution in [2.45, 2.75) is 26.0 Å². The van der Waals surface area contributed by atoms with Crippen molar-refractivity contribution in [2.75, 3.05) is 12.0 Å². The zero-order valence-electron chi connectivity index (χ0n) is 21.5. The van der Waals surface area contributed by atoms with Gasteiger partial charge >= 0.3 is 0 Å². The van der Waals surface area contributed by atoms with Crippen LogP contribution in [0.4, 0.5) is 5.95 Å². The van der Waals surface area contributed by atoms with E-state index in [9.17, 15) is 14.7 Å². The van der Waals surface area contributed by atoms with Gasteiger partial charge in [-0.3, -0.25) is 14.5 Å². The van der Waals surface area contributed by atoms with Crippen molar-refractivity contribution in [1.29, 1.82) is 0 Å². The number of H-pyrrole nitrogens is 1. The van der Waals surface area contributed by atoms with Crippen LogP contribution in [0.15, 0.2) is 88.5 Å². The van der Waals surface area contributed by atoms with E-state index in [0.29, 0.717) is 39.1 Å². The molecule has 1 amide bonds. The molecule has 39 heavy (non-hydrogen) atoms. The average molecular weight is 524 g/mol. The van der Waals surface area contributed by atoms with E-state index in [2.05, 4.69) is 9.97 Å². The molecular weight excluding hydrogens is 498 g/mol. The number of aromatic amines is 1. The number of carbonyl (C=O) groups excluding carboxylic acids is 2. The maximum absolute atomic E-state index is 13.9. The molecule has 0 fully saturated rings. The Kier molecular flexibility index (Phi) is 5.83. The number of fused-ring (bicyclic) bond motifs is 2. The Morgan fingerprint density at radius 2 is 1.85 bits per heavy atom. The van der Waals surface area contributed by atoms with E-state index in [1.165, 1.54) is 12.0 Å². The van der Waals surface area contributed by atoms with Gasteiger partial charge in [-0.25, -0.2) is 4.98 Å². The highest BCUT2D eigenvalue weighted by Crippen LogP contribution is 2.42. The number of aromatic nitrogens is 2. The fourth-order valence-corrected chi connectivity index (χ4v) is 4.87. The molecule has 5 aromatic rings. The number of anilines is 1. The van der Waals surface area contributed by atoms with E-state index in [0.717, 1.165) is 0 Å². The molecule has 1 aliphatic rings. The van der Waals surface area contributed by atoms with Crippen molar-refractivity contribution in [3.63, 3.8) is 0 Å². The first-order valence-corrected chi connectivity index (χ1v) is 12.4. The van der Waals surface area contributed by atoms with Gasteiger partial charge in [0.25, 0.3) is 5.91 Å². The lowest BCUT2D eigenvalue weighted by atomic mass is 9.95. The third-order valence-corrected chi connectivity index (χ3v) is 6.58. The summed E-state index contributed by atoms with van der Waals surface area (Å²) in [5, 5.41) is 11.8. The Hall–Kier alpha value is -5.05. The summed E-state index contributed by atoms with van der Waals surface area (Å²) in [6.07, 6.45) is -0.0258. The Morgan fingerprint density at radius 1 is 1.08 bits per heavy atom. The van der Waals surface area contributed by atoms with Crippen molar-refractivity contribution in [3.8, 4) is 11.5 Å². The zero-order chi connectivity index (χ0) is 27.3. The minimum absolute atomic E-state index is 0.0258. The van der Waals surface area contributed by atoms with Gasteiger partial charge in [0.1, 0.15) is 5.75 Å². The molecule has 1 atom stereocenters. The number of amides is 1. The number of methoxy groups -OCH3 is 1. The lowest BCUT2D eigenvalue weighted by molar-refractivity contribution is -0.117. The summed E-state index contributed by atoms with van der Waals surface area (Å²) in [5.74, 6) is -0.758. The number of ether oxygens (including phenoxy) is 2. The quantitative estimate of drug-likeness (QED) is 0.256. The largest absolute Gasteiger partial charge is 0.503 e. The van der Waals surface area contributed by atoms with Gasteiger partial charge < -0.3 is 24.0 Å². The first-order chi connectivity index (χ1) is 18.9. The van der Waals surface area contributed by atoms with Crippen LogP contribution in [0.1, 0.15) is 36.0 Å². The number of Topliss-reactive ketones (excluding diaryl/α,β-unsaturated/α-hetero) is 1. The fraction of sp³-hybridized carbons (Fsp3) is 0.167. The van der Waals surface area contributed by atoms with Gasteiger partial charge in [0, 0.05) is 5.39 Å². The normalized spacial score (nSPS) is 15.6. The van der Waals surface area contributed by atoms with E-state index < -0.39 is 23.5 Å². The van der Waals surface area contributed by atoms with Crippen LogP contribution in [0.3, 0.4) is 0 Å². The summed E-state index contributed by atoms with van der Waals surface area (Å²) in [5.41, 5.74) is 2.22. The van der Waals surface area contributed by atoms with Gasteiger partial charge in [-0.05, 0) is 55.8 Å². The zero-order valence-corrected chi connectivity index (χ0v) is 21.5. The van der Waals surface area contributed by atoms with Crippen LogP contribution in [0, 0.1) is 0 Å². The van der Waals surface area contributed by atoms with Crippen LogP contribution in [-0.2, 0) is 4.79 Å². The molecule has 1 aliphatic heterocycles. The molecule has 0 saturated carbocycles. The van der Waals surface area contributed by atoms with E-state index in [1.54, 1.807) is 48.5 Å². The number of benzene rings is 3. The summed E-state index contributed by atoms with van der Waals surface area (Å²) in [4.78, 5) is 36.5. The van der Waals surface area contributed by atoms with Crippen LogP contribution in [0.25, 0.3) is 22.0 Å². The minimum Gasteiger partial charge on any atom is -0.503 e. The predicted octanol–water partition coefficient (Wildman–Crippen LogP) is 5.89. The second kappa shape index (κ2) is 9.36. The molecule has 0 saturated heterocycles. The molecule has 0 radical (unpaired) electrons. The van der Waals surface area contributed by atoms with Crippen molar-refractivity contribution in [1.82, 2.24) is 9.97 Å². The highest BCUT2D eigenvalue weighted by atomic mass is 16.5. The van der Waals surface area contributed by atoms with Gasteiger partial charge in [0.15, 0.2) is 22.9 Å². The topological polar surface area (TPSA) is 118 Å². The lowest BCUT2D eigenvalue weighted by Crippen LogP contribution is -2.32. The molecule has 0 aliphatic carbocycles. The van der Waals surface area contributed by atoms with Crippen molar-refractivity contribution in [3.05, 3.63) is 95.5 Å². The van der Waals surface area contributed by atoms with Crippen molar-refractivity contribution in [2.24, 2.45) is 0 Å². The number of aliphatic hydroxyl groups is 1. The molecule has 1 unspecified atom stereocenters. The van der Waals surface area contributed by atoms with Crippen molar-refractivity contribution >= 4 is 39.6 Å². The van der Waals surface area contributed by atoms with Crippen LogP contribution < -0.4 is 14.4 Å². The van der Waals surface area contributed by atoms with Gasteiger partial charge in [-0.1, -0.05) is 36.4 Å². The maximum atomic E-state index is 13.9. The molecule has 2 aromatic heterocycles. The van der Waals surface area contributed by atoms with Gasteiger partial charge in [-0.15, -0.1) is 0 Å². The standard InChI is InChI=1S/C30H25N3O6/c1-16(2)38-19-13-11-17(12-14-19)25-24(26(34)23-15-18-7-6-10-22(37-3)28(18)39-23)27(35)29(36)33(25)30-31-20-8-4-5-9-21(20)32-30/h4-16,25,35H,1-3H3,(H,31,32). The number of nitrogens with zero attached hydrogens (tertiary/aromatic N) is 2. The molecule has 3 heterocycles. The third-order valence-electron chi connectivity index (χ3n) is 6.58. The maximum Gasteiger partial charge on any atom is 0.296 e. The highest BCUT2D eigenvalue weighted by molar-refractivity contribution is 6.20. The summed E-state index contributed by atoms with van der Waals surface area (Å²) in [7, 11) is 1.51. The lowest BCUT2D eigenvalue weighted by Gasteiger charge is -2.24. The smallest absolute Gasteiger partial charge is 0.296 e. The Morgan fingerprint density at radius 3 is 2.56 bits per heavy atom. The average Bonchev–Trinajstić information content (AvgIpc) is 3.62. The minimum atomic E-state index is -0.978. The third kappa shape index (κ3) is 4.08. The Labute approximate surface area is 223 Å². The number of hydrogen-bond acceptors (Lipinski definition) is 7. The number of ketones is 1. The second-order valence-electron chi connectivity index (χ2n) is 9.47. The van der Waals surface area contributed by atoms with E-state index >= 15 is 0 Å². The van der Waals surface area contributed by atoms with Gasteiger partial charge in [-0.2, -0.15) is 0 Å². The van der Waals surface area contributed by atoms with Crippen LogP contribution in [0.2, 0.25) is 0 Å². The number of hydrogen-bond donors (Lipinski definition) is 2. The number of carbonyl (C=O) groups is 2. The van der Waals surface area contributed by atoms with Crippen LogP contribution in [0.5, 0.6) is 11.5 Å². The van der Waals surface area contributed by atoms with E-state index in [1.807, 2.05) is 38.1 Å². The molecule has 0 spiro atoms. The van der Waals surface area contributed by atoms with Crippen LogP contribution >= 0.6 is 0 Å². The van der Waals surface area contributed by atoms with E-state index in [-0.39, 0.29) is 23.4 Å². The molecule has 2 N–H and O–H groups in total. The summed E-state index contributed by atoms with van der Waals surface area (Å²) in [6.45, 7) is 3.85. The molecule has 196 valence electrons. The van der Waals surface area contributed by atoms with Crippen molar-refractivity contribution < 1.29 is 28.6 Å². The molecular formula is C30H25N3O6. The molecule has 9 heteroatoms. The molecule has 6 rings (SSSR count). The number of para-hydroxylation sites is 3. The number of nitrogens with one attached hydrogen (secondary N) is 1. The summed E-state index contributed by atoms with van der Waals surface area (Å²) >= 11 is 0. The number of imidazole rings is 1. The predicted molar refractivity (Wildman–Crippen MR) is 145 cm³/mol. The fourth-order valence-electron chi connectivity index (χ4n) is 4.87. The SMILES string of the molecule is COc1cccc2cc(C(=O)C3=C(O)C(=O)N(c4nc5ccccc5[nH]4)C3c3ccc(OC(C)C)cc3)oc12. The van der Waals surface area contributed by atoms with E-state index in [4.69, 9.17) is 13.9 Å².